The van der Waals surface area contributed by atoms with Crippen molar-refractivity contribution >= 4 is 11.0 Å². The van der Waals surface area contributed by atoms with Gasteiger partial charge in [-0.05, 0) is 30.3 Å². The van der Waals surface area contributed by atoms with Crippen LogP contribution in [-0.4, -0.2) is 24.5 Å². The zero-order chi connectivity index (χ0) is 16.6. The minimum Gasteiger partial charge on any atom is -0.447 e. The van der Waals surface area contributed by atoms with Crippen LogP contribution in [0.25, 0.3) is 33.9 Å². The first kappa shape index (κ1) is 13.7. The van der Waals surface area contributed by atoms with E-state index in [4.69, 9.17) is 4.42 Å². The molecule has 5 rings (SSSR count). The minimum absolute atomic E-state index is 0.675. The van der Waals surface area contributed by atoms with Gasteiger partial charge in [0.2, 0.25) is 5.88 Å². The van der Waals surface area contributed by atoms with Crippen LogP contribution in [0, 0.1) is 0 Å². The third-order valence-corrected chi connectivity index (χ3v) is 4.11. The third-order valence-electron chi connectivity index (χ3n) is 4.11. The van der Waals surface area contributed by atoms with Gasteiger partial charge in [0.1, 0.15) is 12.0 Å². The molecular weight excluding hydrogens is 314 g/mol. The first-order valence-electron chi connectivity index (χ1n) is 7.88. The number of benzene rings is 2. The molecule has 0 atom stereocenters. The van der Waals surface area contributed by atoms with Gasteiger partial charge < -0.3 is 4.42 Å². The first-order valence-corrected chi connectivity index (χ1v) is 7.88. The monoisotopic (exact) mass is 327 g/mol. The molecule has 3 aromatic heterocycles. The summed E-state index contributed by atoms with van der Waals surface area (Å²) in [5.41, 5.74) is 4.46. The Balaban J connectivity index is 1.61. The van der Waals surface area contributed by atoms with E-state index in [-0.39, 0.29) is 0 Å². The summed E-state index contributed by atoms with van der Waals surface area (Å²) in [6, 6.07) is 19.7. The van der Waals surface area contributed by atoms with Gasteiger partial charge >= 0.3 is 0 Å². The van der Waals surface area contributed by atoms with Gasteiger partial charge in [-0.25, -0.2) is 9.67 Å². The molecule has 2 aromatic carbocycles. The molecule has 0 N–H and O–H groups in total. The lowest BCUT2D eigenvalue weighted by molar-refractivity contribution is 0.543. The van der Waals surface area contributed by atoms with E-state index in [9.17, 15) is 0 Å². The smallest absolute Gasteiger partial charge is 0.214 e. The van der Waals surface area contributed by atoms with Crippen molar-refractivity contribution in [2.24, 2.45) is 0 Å². The van der Waals surface area contributed by atoms with Crippen LogP contribution in [-0.2, 0) is 0 Å². The Labute approximate surface area is 143 Å². The van der Waals surface area contributed by atoms with Gasteiger partial charge in [0, 0.05) is 0 Å². The number of hydrogen-bond acceptors (Lipinski definition) is 4. The molecule has 0 amide bonds. The highest BCUT2D eigenvalue weighted by Gasteiger charge is 2.16. The summed E-state index contributed by atoms with van der Waals surface area (Å²) < 4.78 is 9.40. The Morgan fingerprint density at radius 3 is 2.64 bits per heavy atom. The SMILES string of the molecule is c1ccc(-n2cc(-c3ccoc3-n3cnc4ccccc43)nn2)cc1. The fourth-order valence-corrected chi connectivity index (χ4v) is 2.90. The second kappa shape index (κ2) is 5.45. The third kappa shape index (κ3) is 2.23. The van der Waals surface area contributed by atoms with E-state index >= 15 is 0 Å². The number of imidazole rings is 1. The molecule has 0 saturated carbocycles. The standard InChI is InChI=1S/C19H13N5O/c1-2-6-14(7-3-1)24-12-17(21-22-24)15-10-11-25-19(15)23-13-20-16-8-4-5-9-18(16)23/h1-13H. The molecule has 6 nitrogen and oxygen atoms in total. The highest BCUT2D eigenvalue weighted by Crippen LogP contribution is 2.29. The predicted octanol–water partition coefficient (Wildman–Crippen LogP) is 3.87. The maximum Gasteiger partial charge on any atom is 0.214 e. The van der Waals surface area contributed by atoms with E-state index in [0.29, 0.717) is 5.88 Å². The molecule has 25 heavy (non-hydrogen) atoms. The molecule has 0 unspecified atom stereocenters. The zero-order valence-corrected chi connectivity index (χ0v) is 13.1. The van der Waals surface area contributed by atoms with Gasteiger partial charge in [-0.2, -0.15) is 0 Å². The van der Waals surface area contributed by atoms with Crippen LogP contribution in [0.3, 0.4) is 0 Å². The van der Waals surface area contributed by atoms with Gasteiger partial charge in [-0.15, -0.1) is 5.10 Å². The number of aromatic nitrogens is 5. The summed E-state index contributed by atoms with van der Waals surface area (Å²) in [4.78, 5) is 4.42. The van der Waals surface area contributed by atoms with Crippen molar-refractivity contribution in [2.45, 2.75) is 0 Å². The summed E-state index contributed by atoms with van der Waals surface area (Å²) in [6.45, 7) is 0. The lowest BCUT2D eigenvalue weighted by atomic mass is 10.2. The van der Waals surface area contributed by atoms with Crippen LogP contribution < -0.4 is 0 Å². The summed E-state index contributed by atoms with van der Waals surface area (Å²) >= 11 is 0. The Morgan fingerprint density at radius 2 is 1.72 bits per heavy atom. The maximum atomic E-state index is 5.73. The van der Waals surface area contributed by atoms with Crippen LogP contribution in [0.5, 0.6) is 0 Å². The van der Waals surface area contributed by atoms with Crippen molar-refractivity contribution in [3.8, 4) is 22.8 Å². The zero-order valence-electron chi connectivity index (χ0n) is 13.1. The number of furan rings is 1. The number of para-hydroxylation sites is 3. The molecule has 0 aliphatic rings. The number of hydrogen-bond donors (Lipinski definition) is 0. The average Bonchev–Trinajstić information content (AvgIpc) is 3.40. The van der Waals surface area contributed by atoms with Crippen LogP contribution in [0.4, 0.5) is 0 Å². The van der Waals surface area contributed by atoms with Crippen molar-refractivity contribution < 1.29 is 4.42 Å². The van der Waals surface area contributed by atoms with Crippen molar-refractivity contribution in [3.05, 3.63) is 79.5 Å². The molecule has 0 saturated heterocycles. The Bertz CT molecular complexity index is 1150. The maximum absolute atomic E-state index is 5.73. The van der Waals surface area contributed by atoms with Gasteiger partial charge in [0.05, 0.1) is 34.7 Å². The molecule has 0 aliphatic carbocycles. The molecule has 0 bridgehead atoms. The normalized spacial score (nSPS) is 11.2. The fourth-order valence-electron chi connectivity index (χ4n) is 2.90. The Hall–Kier alpha value is -3.67. The second-order valence-electron chi connectivity index (χ2n) is 5.63. The van der Waals surface area contributed by atoms with E-state index in [1.807, 2.05) is 71.4 Å². The van der Waals surface area contributed by atoms with E-state index < -0.39 is 0 Å². The largest absolute Gasteiger partial charge is 0.447 e. The van der Waals surface area contributed by atoms with Crippen LogP contribution in [0.2, 0.25) is 0 Å². The summed E-state index contributed by atoms with van der Waals surface area (Å²) in [6.07, 6.45) is 5.30. The lowest BCUT2D eigenvalue weighted by Gasteiger charge is -2.02. The molecule has 0 aliphatic heterocycles. The van der Waals surface area contributed by atoms with Gasteiger partial charge in [-0.1, -0.05) is 35.5 Å². The van der Waals surface area contributed by atoms with E-state index in [2.05, 4.69) is 15.3 Å². The molecule has 0 radical (unpaired) electrons. The highest BCUT2D eigenvalue weighted by atomic mass is 16.3. The van der Waals surface area contributed by atoms with E-state index in [0.717, 1.165) is 28.0 Å². The van der Waals surface area contributed by atoms with E-state index in [1.54, 1.807) is 17.3 Å². The van der Waals surface area contributed by atoms with Crippen LogP contribution in [0.15, 0.2) is 83.9 Å². The van der Waals surface area contributed by atoms with Gasteiger partial charge in [0.25, 0.3) is 0 Å². The second-order valence-corrected chi connectivity index (χ2v) is 5.63. The molecule has 5 aromatic rings. The van der Waals surface area contributed by atoms with Crippen molar-refractivity contribution in [1.82, 2.24) is 24.5 Å². The van der Waals surface area contributed by atoms with Crippen LogP contribution in [0.1, 0.15) is 0 Å². The Kier molecular flexibility index (Phi) is 3.00. The number of fused-ring (bicyclic) bond motifs is 1. The topological polar surface area (TPSA) is 61.7 Å². The highest BCUT2D eigenvalue weighted by molar-refractivity contribution is 5.79. The fraction of sp³-hybridized carbons (Fsp3) is 0. The molecule has 0 spiro atoms. The van der Waals surface area contributed by atoms with Gasteiger partial charge in [-0.3, -0.25) is 4.57 Å². The molecule has 3 heterocycles. The Morgan fingerprint density at radius 1 is 0.880 bits per heavy atom. The van der Waals surface area contributed by atoms with Crippen molar-refractivity contribution in [3.63, 3.8) is 0 Å². The van der Waals surface area contributed by atoms with Crippen molar-refractivity contribution in [2.75, 3.05) is 0 Å². The van der Waals surface area contributed by atoms with Crippen molar-refractivity contribution in [1.29, 1.82) is 0 Å². The molecular formula is C19H13N5O. The number of nitrogens with zero attached hydrogens (tertiary/aromatic N) is 5. The summed E-state index contributed by atoms with van der Waals surface area (Å²) in [7, 11) is 0. The van der Waals surface area contributed by atoms with Gasteiger partial charge in [0.15, 0.2) is 0 Å². The summed E-state index contributed by atoms with van der Waals surface area (Å²) in [5, 5.41) is 8.53. The first-order chi connectivity index (χ1) is 12.4. The van der Waals surface area contributed by atoms with Crippen LogP contribution >= 0.6 is 0 Å². The van der Waals surface area contributed by atoms with E-state index in [1.165, 1.54) is 0 Å². The molecule has 6 heteroatoms. The average molecular weight is 327 g/mol. The molecule has 0 fully saturated rings. The molecule has 120 valence electrons. The minimum atomic E-state index is 0.675. The lowest BCUT2D eigenvalue weighted by Crippen LogP contribution is -1.93. The quantitative estimate of drug-likeness (QED) is 0.505. The summed E-state index contributed by atoms with van der Waals surface area (Å²) in [5.74, 6) is 0.675. The predicted molar refractivity (Wildman–Crippen MR) is 93.7 cm³/mol. The number of rotatable bonds is 3.